The standard InChI is InChI=1S/C18H26N2OS/c1-19(2)18(20-10-12-21-13-11-20)9-5-6-15-14-22-17-8-4-3-7-16(15)17/h3-4,7-8,14,18H,5-6,9-13H2,1-2H3. The third-order valence-electron chi connectivity index (χ3n) is 4.53. The van der Waals surface area contributed by atoms with Gasteiger partial charge < -0.3 is 4.74 Å². The quantitative estimate of drug-likeness (QED) is 0.811. The second-order valence-electron chi connectivity index (χ2n) is 6.24. The van der Waals surface area contributed by atoms with Gasteiger partial charge in [-0.3, -0.25) is 9.80 Å². The fourth-order valence-corrected chi connectivity index (χ4v) is 4.34. The van der Waals surface area contributed by atoms with Crippen molar-refractivity contribution in [3.63, 3.8) is 0 Å². The first kappa shape index (κ1) is 15.9. The van der Waals surface area contributed by atoms with Crippen molar-refractivity contribution in [1.29, 1.82) is 0 Å². The number of benzene rings is 1. The summed E-state index contributed by atoms with van der Waals surface area (Å²) in [6.45, 7) is 3.87. The maximum atomic E-state index is 5.48. The van der Waals surface area contributed by atoms with E-state index in [1.54, 1.807) is 0 Å². The van der Waals surface area contributed by atoms with Gasteiger partial charge in [-0.05, 0) is 55.8 Å². The third-order valence-corrected chi connectivity index (χ3v) is 5.55. The first-order valence-corrected chi connectivity index (χ1v) is 9.07. The molecule has 22 heavy (non-hydrogen) atoms. The Balaban J connectivity index is 1.58. The maximum absolute atomic E-state index is 5.48. The van der Waals surface area contributed by atoms with Crippen molar-refractivity contribution in [2.45, 2.75) is 25.4 Å². The van der Waals surface area contributed by atoms with E-state index in [1.807, 2.05) is 11.3 Å². The van der Waals surface area contributed by atoms with Gasteiger partial charge in [0.25, 0.3) is 0 Å². The summed E-state index contributed by atoms with van der Waals surface area (Å²) in [7, 11) is 4.39. The molecule has 0 radical (unpaired) electrons. The zero-order valence-corrected chi connectivity index (χ0v) is 14.4. The van der Waals surface area contributed by atoms with Crippen molar-refractivity contribution in [2.24, 2.45) is 0 Å². The van der Waals surface area contributed by atoms with Crippen LogP contribution >= 0.6 is 11.3 Å². The lowest BCUT2D eigenvalue weighted by atomic mass is 10.1. The lowest BCUT2D eigenvalue weighted by molar-refractivity contribution is -0.0227. The summed E-state index contributed by atoms with van der Waals surface area (Å²) in [5.41, 5.74) is 1.51. The molecule has 4 heteroatoms. The molecule has 0 bridgehead atoms. The predicted molar refractivity (Wildman–Crippen MR) is 94.6 cm³/mol. The van der Waals surface area contributed by atoms with Crippen molar-refractivity contribution in [1.82, 2.24) is 9.80 Å². The molecule has 1 aliphatic rings. The number of ether oxygens (including phenoxy) is 1. The van der Waals surface area contributed by atoms with E-state index < -0.39 is 0 Å². The van der Waals surface area contributed by atoms with Gasteiger partial charge in [-0.2, -0.15) is 0 Å². The van der Waals surface area contributed by atoms with Gasteiger partial charge >= 0.3 is 0 Å². The fourth-order valence-electron chi connectivity index (χ4n) is 3.34. The Bertz CT molecular complexity index is 590. The third kappa shape index (κ3) is 3.69. The van der Waals surface area contributed by atoms with Crippen LogP contribution in [0.15, 0.2) is 29.6 Å². The Morgan fingerprint density at radius 1 is 1.23 bits per heavy atom. The minimum Gasteiger partial charge on any atom is -0.379 e. The van der Waals surface area contributed by atoms with Gasteiger partial charge in [0.15, 0.2) is 0 Å². The number of rotatable bonds is 6. The Morgan fingerprint density at radius 2 is 2.00 bits per heavy atom. The predicted octanol–water partition coefficient (Wildman–Crippen LogP) is 3.44. The van der Waals surface area contributed by atoms with Crippen molar-refractivity contribution < 1.29 is 4.74 Å². The van der Waals surface area contributed by atoms with E-state index >= 15 is 0 Å². The summed E-state index contributed by atoms with van der Waals surface area (Å²) >= 11 is 1.87. The lowest BCUT2D eigenvalue weighted by Gasteiger charge is -2.38. The minimum absolute atomic E-state index is 0.536. The molecule has 1 fully saturated rings. The Morgan fingerprint density at radius 3 is 2.77 bits per heavy atom. The van der Waals surface area contributed by atoms with Crippen LogP contribution in [0.2, 0.25) is 0 Å². The summed E-state index contributed by atoms with van der Waals surface area (Å²) in [5.74, 6) is 0. The highest BCUT2D eigenvalue weighted by molar-refractivity contribution is 7.17. The van der Waals surface area contributed by atoms with Crippen LogP contribution in [0.4, 0.5) is 0 Å². The van der Waals surface area contributed by atoms with Crippen LogP contribution in [-0.2, 0) is 11.2 Å². The molecule has 3 rings (SSSR count). The highest BCUT2D eigenvalue weighted by Gasteiger charge is 2.22. The van der Waals surface area contributed by atoms with Gasteiger partial charge in [0.2, 0.25) is 0 Å². The summed E-state index contributed by atoms with van der Waals surface area (Å²) < 4.78 is 6.89. The number of nitrogens with zero attached hydrogens (tertiary/aromatic N) is 2. The number of hydrogen-bond acceptors (Lipinski definition) is 4. The molecule has 0 N–H and O–H groups in total. The van der Waals surface area contributed by atoms with Crippen molar-refractivity contribution >= 4 is 21.4 Å². The van der Waals surface area contributed by atoms with Gasteiger partial charge in [-0.15, -0.1) is 11.3 Å². The molecular formula is C18H26N2OS. The Kier molecular flexibility index (Phi) is 5.47. The molecule has 1 aromatic heterocycles. The molecule has 1 aliphatic heterocycles. The molecule has 0 saturated carbocycles. The molecule has 0 amide bonds. The van der Waals surface area contributed by atoms with Gasteiger partial charge in [0, 0.05) is 17.8 Å². The van der Waals surface area contributed by atoms with E-state index in [2.05, 4.69) is 53.5 Å². The van der Waals surface area contributed by atoms with E-state index in [1.165, 1.54) is 34.9 Å². The molecule has 1 saturated heterocycles. The maximum Gasteiger partial charge on any atom is 0.0619 e. The SMILES string of the molecule is CN(C)C(CCCc1csc2ccccc12)N1CCOCC1. The molecule has 1 aromatic carbocycles. The van der Waals surface area contributed by atoms with Crippen LogP contribution in [0.5, 0.6) is 0 Å². The highest BCUT2D eigenvalue weighted by Crippen LogP contribution is 2.27. The molecule has 0 spiro atoms. The zero-order chi connectivity index (χ0) is 15.4. The van der Waals surface area contributed by atoms with E-state index in [0.29, 0.717) is 6.17 Å². The molecule has 120 valence electrons. The minimum atomic E-state index is 0.536. The summed E-state index contributed by atoms with van der Waals surface area (Å²) in [5, 5.41) is 3.78. The van der Waals surface area contributed by atoms with E-state index in [4.69, 9.17) is 4.74 Å². The molecule has 3 nitrogen and oxygen atoms in total. The monoisotopic (exact) mass is 318 g/mol. The number of morpholine rings is 1. The normalized spacial score (nSPS) is 18.1. The number of aryl methyl sites for hydroxylation is 1. The second kappa shape index (κ2) is 7.55. The molecule has 2 aromatic rings. The zero-order valence-electron chi connectivity index (χ0n) is 13.6. The first-order valence-electron chi connectivity index (χ1n) is 8.19. The van der Waals surface area contributed by atoms with Crippen LogP contribution < -0.4 is 0 Å². The van der Waals surface area contributed by atoms with Gasteiger partial charge in [0.1, 0.15) is 0 Å². The number of fused-ring (bicyclic) bond motifs is 1. The summed E-state index contributed by atoms with van der Waals surface area (Å²) in [6.07, 6.45) is 4.17. The molecule has 1 unspecified atom stereocenters. The van der Waals surface area contributed by atoms with Gasteiger partial charge in [0.05, 0.1) is 19.4 Å². The van der Waals surface area contributed by atoms with Crippen molar-refractivity contribution in [2.75, 3.05) is 40.4 Å². The molecular weight excluding hydrogens is 292 g/mol. The van der Waals surface area contributed by atoms with Crippen LogP contribution in [-0.4, -0.2) is 56.4 Å². The van der Waals surface area contributed by atoms with Gasteiger partial charge in [-0.25, -0.2) is 0 Å². The lowest BCUT2D eigenvalue weighted by Crippen LogP contribution is -2.50. The number of hydrogen-bond donors (Lipinski definition) is 0. The van der Waals surface area contributed by atoms with Crippen LogP contribution in [0, 0.1) is 0 Å². The second-order valence-corrected chi connectivity index (χ2v) is 7.15. The van der Waals surface area contributed by atoms with E-state index in [0.717, 1.165) is 26.3 Å². The summed E-state index contributed by atoms with van der Waals surface area (Å²) in [4.78, 5) is 4.92. The highest BCUT2D eigenvalue weighted by atomic mass is 32.1. The fraction of sp³-hybridized carbons (Fsp3) is 0.556. The van der Waals surface area contributed by atoms with E-state index in [-0.39, 0.29) is 0 Å². The first-order chi connectivity index (χ1) is 10.8. The Labute approximate surface area is 137 Å². The van der Waals surface area contributed by atoms with Crippen LogP contribution in [0.25, 0.3) is 10.1 Å². The molecule has 0 aliphatic carbocycles. The van der Waals surface area contributed by atoms with Crippen molar-refractivity contribution in [3.05, 3.63) is 35.2 Å². The molecule has 1 atom stereocenters. The summed E-state index contributed by atoms with van der Waals surface area (Å²) in [6, 6.07) is 8.75. The number of thiophene rings is 1. The molecule has 2 heterocycles. The topological polar surface area (TPSA) is 15.7 Å². The van der Waals surface area contributed by atoms with Gasteiger partial charge in [-0.1, -0.05) is 18.2 Å². The van der Waals surface area contributed by atoms with E-state index in [9.17, 15) is 0 Å². The smallest absolute Gasteiger partial charge is 0.0619 e. The Hall–Kier alpha value is -0.940. The van der Waals surface area contributed by atoms with Crippen LogP contribution in [0.1, 0.15) is 18.4 Å². The van der Waals surface area contributed by atoms with Crippen molar-refractivity contribution in [3.8, 4) is 0 Å². The average Bonchev–Trinajstić information content (AvgIpc) is 2.95. The average molecular weight is 318 g/mol. The largest absolute Gasteiger partial charge is 0.379 e. The van der Waals surface area contributed by atoms with Crippen LogP contribution in [0.3, 0.4) is 0 Å².